The molecule has 1 unspecified atom stereocenters. The minimum absolute atomic E-state index is 0.000228. The Morgan fingerprint density at radius 1 is 1.00 bits per heavy atom. The van der Waals surface area contributed by atoms with Crippen LogP contribution in [0.15, 0.2) is 48.5 Å². The van der Waals surface area contributed by atoms with Crippen LogP contribution in [0.4, 0.5) is 13.6 Å². The molecule has 2 rings (SSSR count). The van der Waals surface area contributed by atoms with Gasteiger partial charge < -0.3 is 20.5 Å². The molecule has 32 heavy (non-hydrogen) atoms. The minimum atomic E-state index is -3.01. The lowest BCUT2D eigenvalue weighted by Crippen LogP contribution is -2.36. The van der Waals surface area contributed by atoms with Crippen molar-refractivity contribution in [1.29, 1.82) is 0 Å². The molecule has 0 aliphatic rings. The summed E-state index contributed by atoms with van der Waals surface area (Å²) in [6.07, 6.45) is -0.336. The van der Waals surface area contributed by atoms with Gasteiger partial charge in [-0.1, -0.05) is 23.7 Å². The molecule has 0 saturated carbocycles. The van der Waals surface area contributed by atoms with Crippen molar-refractivity contribution < 1.29 is 37.4 Å². The third-order valence-corrected chi connectivity index (χ3v) is 4.17. The smallest absolute Gasteiger partial charge is 0.387 e. The van der Waals surface area contributed by atoms with Crippen molar-refractivity contribution in [3.05, 3.63) is 64.7 Å². The number of nitrogens with one attached hydrogen (secondary N) is 2. The monoisotopic (exact) mass is 469 g/mol. The van der Waals surface area contributed by atoms with Gasteiger partial charge in [0.05, 0.1) is 12.5 Å². The van der Waals surface area contributed by atoms with Crippen molar-refractivity contribution in [2.75, 3.05) is 6.61 Å². The summed E-state index contributed by atoms with van der Waals surface area (Å²) in [6, 6.07) is 9.21. The number of primary amides is 1. The quantitative estimate of drug-likeness (QED) is 0.483. The normalized spacial score (nSPS) is 11.4. The van der Waals surface area contributed by atoms with Gasteiger partial charge in [0, 0.05) is 10.6 Å². The van der Waals surface area contributed by atoms with E-state index in [1.54, 1.807) is 24.3 Å². The molecular weight excluding hydrogens is 452 g/mol. The maximum Gasteiger partial charge on any atom is 0.387 e. The van der Waals surface area contributed by atoms with Gasteiger partial charge in [0.25, 0.3) is 11.8 Å². The Balaban J connectivity index is 1.86. The van der Waals surface area contributed by atoms with Crippen molar-refractivity contribution >= 4 is 35.4 Å². The predicted octanol–water partition coefficient (Wildman–Crippen LogP) is 2.54. The summed E-state index contributed by atoms with van der Waals surface area (Å²) < 4.78 is 33.3. The molecular formula is C20H18ClF2N3O6. The number of nitrogens with two attached hydrogens (primary N) is 1. The van der Waals surface area contributed by atoms with Crippen molar-refractivity contribution in [3.63, 3.8) is 0 Å². The Labute approximate surface area is 185 Å². The number of hydrogen-bond donors (Lipinski definition) is 3. The number of alkyl halides is 2. The van der Waals surface area contributed by atoms with Crippen LogP contribution in [-0.4, -0.2) is 37.0 Å². The highest BCUT2D eigenvalue weighted by molar-refractivity contribution is 6.30. The van der Waals surface area contributed by atoms with E-state index in [1.807, 2.05) is 5.32 Å². The van der Waals surface area contributed by atoms with Crippen molar-refractivity contribution in [2.45, 2.75) is 19.1 Å². The second kappa shape index (κ2) is 11.6. The fourth-order valence-corrected chi connectivity index (χ4v) is 2.64. The fourth-order valence-electron chi connectivity index (χ4n) is 2.51. The average Bonchev–Trinajstić information content (AvgIpc) is 2.72. The summed E-state index contributed by atoms with van der Waals surface area (Å²) in [5.74, 6) is -2.74. The zero-order valence-corrected chi connectivity index (χ0v) is 17.1. The Morgan fingerprint density at radius 3 is 2.19 bits per heavy atom. The number of rotatable bonds is 9. The molecule has 1 atom stereocenters. The van der Waals surface area contributed by atoms with Gasteiger partial charge in [0.1, 0.15) is 5.75 Å². The second-order valence-electron chi connectivity index (χ2n) is 6.26. The van der Waals surface area contributed by atoms with Crippen molar-refractivity contribution in [3.8, 4) is 5.75 Å². The molecule has 170 valence electrons. The summed E-state index contributed by atoms with van der Waals surface area (Å²) in [7, 11) is 0. The topological polar surface area (TPSA) is 137 Å². The highest BCUT2D eigenvalue weighted by Gasteiger charge is 2.20. The third-order valence-electron chi connectivity index (χ3n) is 3.92. The molecule has 0 aliphatic heterocycles. The largest absolute Gasteiger partial charge is 0.455 e. The standard InChI is InChI=1S/C20H18ClF2N3O6/c21-13-5-1-11(2-6-13)15(25-20(24)30)9-17(28)31-10-16(27)26-18(29)12-3-7-14(8-4-12)32-19(22)23/h1-8,15,19H,9-10H2,(H3,24,25,30)(H,26,27,29). The number of esters is 1. The van der Waals surface area contributed by atoms with Gasteiger partial charge in [0.15, 0.2) is 6.61 Å². The first-order valence-electron chi connectivity index (χ1n) is 9.00. The predicted molar refractivity (Wildman–Crippen MR) is 108 cm³/mol. The molecule has 9 nitrogen and oxygen atoms in total. The van der Waals surface area contributed by atoms with Crippen LogP contribution in [0.25, 0.3) is 0 Å². The summed E-state index contributed by atoms with van der Waals surface area (Å²) >= 11 is 5.81. The van der Waals surface area contributed by atoms with E-state index < -0.39 is 43.1 Å². The van der Waals surface area contributed by atoms with E-state index >= 15 is 0 Å². The molecule has 0 spiro atoms. The number of amides is 4. The Bertz CT molecular complexity index is 970. The van der Waals surface area contributed by atoms with Gasteiger partial charge in [-0.15, -0.1) is 0 Å². The number of carbonyl (C=O) groups is 4. The molecule has 0 saturated heterocycles. The molecule has 2 aromatic carbocycles. The molecule has 4 amide bonds. The van der Waals surface area contributed by atoms with Crippen LogP contribution in [0.3, 0.4) is 0 Å². The van der Waals surface area contributed by atoms with Crippen LogP contribution in [0, 0.1) is 0 Å². The van der Waals surface area contributed by atoms with Crippen LogP contribution in [-0.2, 0) is 14.3 Å². The second-order valence-corrected chi connectivity index (χ2v) is 6.69. The lowest BCUT2D eigenvalue weighted by Gasteiger charge is -2.17. The van der Waals surface area contributed by atoms with Gasteiger partial charge >= 0.3 is 18.6 Å². The van der Waals surface area contributed by atoms with Crippen LogP contribution in [0.2, 0.25) is 5.02 Å². The average molecular weight is 470 g/mol. The molecule has 12 heteroatoms. The third kappa shape index (κ3) is 8.19. The first-order valence-corrected chi connectivity index (χ1v) is 9.38. The molecule has 0 aliphatic carbocycles. The molecule has 0 heterocycles. The van der Waals surface area contributed by atoms with Gasteiger partial charge in [-0.2, -0.15) is 8.78 Å². The number of ether oxygens (including phenoxy) is 2. The summed E-state index contributed by atoms with van der Waals surface area (Å²) in [5, 5.41) is 4.82. The zero-order chi connectivity index (χ0) is 23.7. The number of imide groups is 1. The summed E-state index contributed by atoms with van der Waals surface area (Å²) in [4.78, 5) is 47.2. The van der Waals surface area contributed by atoms with Crippen molar-refractivity contribution in [1.82, 2.24) is 10.6 Å². The number of urea groups is 1. The number of carbonyl (C=O) groups excluding carboxylic acids is 4. The SMILES string of the molecule is NC(=O)NC(CC(=O)OCC(=O)NC(=O)c1ccc(OC(F)F)cc1)c1ccc(Cl)cc1. The van der Waals surface area contributed by atoms with Crippen LogP contribution in [0.1, 0.15) is 28.4 Å². The minimum Gasteiger partial charge on any atom is -0.455 e. The summed E-state index contributed by atoms with van der Waals surface area (Å²) in [5.41, 5.74) is 5.66. The Morgan fingerprint density at radius 2 is 1.62 bits per heavy atom. The number of hydrogen-bond acceptors (Lipinski definition) is 6. The molecule has 0 aromatic heterocycles. The van der Waals surface area contributed by atoms with Gasteiger partial charge in [-0.3, -0.25) is 19.7 Å². The maximum absolute atomic E-state index is 12.1. The molecule has 0 fully saturated rings. The van der Waals surface area contributed by atoms with Gasteiger partial charge in [-0.25, -0.2) is 4.79 Å². The highest BCUT2D eigenvalue weighted by atomic mass is 35.5. The highest BCUT2D eigenvalue weighted by Crippen LogP contribution is 2.20. The van der Waals surface area contributed by atoms with E-state index in [-0.39, 0.29) is 17.7 Å². The van der Waals surface area contributed by atoms with Gasteiger partial charge in [0.2, 0.25) is 0 Å². The van der Waals surface area contributed by atoms with Crippen LogP contribution < -0.4 is 21.1 Å². The molecule has 0 bridgehead atoms. The van der Waals surface area contributed by atoms with Crippen molar-refractivity contribution in [2.24, 2.45) is 5.73 Å². The van der Waals surface area contributed by atoms with Crippen LogP contribution >= 0.6 is 11.6 Å². The summed E-state index contributed by atoms with van der Waals surface area (Å²) in [6.45, 7) is -3.77. The lowest BCUT2D eigenvalue weighted by molar-refractivity contribution is -0.148. The molecule has 4 N–H and O–H groups in total. The Kier molecular flexibility index (Phi) is 8.90. The van der Waals surface area contributed by atoms with E-state index in [9.17, 15) is 28.0 Å². The lowest BCUT2D eigenvalue weighted by atomic mass is 10.0. The first-order chi connectivity index (χ1) is 15.1. The molecule has 0 radical (unpaired) electrons. The number of benzene rings is 2. The van der Waals surface area contributed by atoms with Gasteiger partial charge in [-0.05, 0) is 42.0 Å². The number of halogens is 3. The first kappa shape index (κ1) is 24.5. The van der Waals surface area contributed by atoms with E-state index in [0.717, 1.165) is 12.1 Å². The molecule has 2 aromatic rings. The van der Waals surface area contributed by atoms with E-state index in [2.05, 4.69) is 10.1 Å². The maximum atomic E-state index is 12.1. The van der Waals surface area contributed by atoms with E-state index in [4.69, 9.17) is 22.1 Å². The van der Waals surface area contributed by atoms with Crippen LogP contribution in [0.5, 0.6) is 5.75 Å². The Hall–Kier alpha value is -3.73. The van der Waals surface area contributed by atoms with E-state index in [0.29, 0.717) is 10.6 Å². The fraction of sp³-hybridized carbons (Fsp3) is 0.200. The van der Waals surface area contributed by atoms with E-state index in [1.165, 1.54) is 12.1 Å². The zero-order valence-electron chi connectivity index (χ0n) is 16.3.